The minimum absolute atomic E-state index is 0.000738. The van der Waals surface area contributed by atoms with Crippen molar-refractivity contribution in [3.8, 4) is 0 Å². The van der Waals surface area contributed by atoms with Crippen molar-refractivity contribution in [2.45, 2.75) is 19.8 Å². The maximum Gasteiger partial charge on any atom is 0.344 e. The molecule has 0 saturated carbocycles. The number of hydrogen-bond donors (Lipinski definition) is 1. The monoisotopic (exact) mass is 379 g/mol. The number of rotatable bonds is 7. The average molecular weight is 379 g/mol. The Kier molecular flexibility index (Phi) is 6.51. The van der Waals surface area contributed by atoms with Gasteiger partial charge in [-0.15, -0.1) is 4.40 Å². The molecule has 26 heavy (non-hydrogen) atoms. The van der Waals surface area contributed by atoms with Gasteiger partial charge in [0.1, 0.15) is 6.54 Å². The molecule has 9 heteroatoms. The molecule has 0 spiro atoms. The van der Waals surface area contributed by atoms with Gasteiger partial charge < -0.3 is 10.1 Å². The van der Waals surface area contributed by atoms with Crippen molar-refractivity contribution in [1.29, 1.82) is 0 Å². The van der Waals surface area contributed by atoms with Crippen molar-refractivity contribution in [3.63, 3.8) is 0 Å². The lowest BCUT2D eigenvalue weighted by molar-refractivity contribution is -0.135. The lowest BCUT2D eigenvalue weighted by Crippen LogP contribution is -2.40. The van der Waals surface area contributed by atoms with Gasteiger partial charge in [-0.25, -0.2) is 9.10 Å². The molecule has 1 aliphatic rings. The Labute approximate surface area is 152 Å². The first-order chi connectivity index (χ1) is 12.3. The van der Waals surface area contributed by atoms with Crippen LogP contribution < -0.4 is 5.32 Å². The largest absolute Gasteiger partial charge is 0.465 e. The second-order valence-corrected chi connectivity index (χ2v) is 7.22. The third-order valence-corrected chi connectivity index (χ3v) is 5.06. The van der Waals surface area contributed by atoms with Crippen LogP contribution in [0.1, 0.15) is 18.9 Å². The summed E-state index contributed by atoms with van der Waals surface area (Å²) in [6.45, 7) is 1.35. The van der Waals surface area contributed by atoms with E-state index < -0.39 is 28.6 Å². The van der Waals surface area contributed by atoms with E-state index in [0.29, 0.717) is 6.54 Å². The first kappa shape index (κ1) is 19.6. The number of nitrogens with zero attached hydrogens (tertiary/aromatic N) is 2. The number of carbonyl (C=O) groups excluding carboxylic acids is 2. The molecule has 1 N–H and O–H groups in total. The number of methoxy groups -OCH3 is 1. The Hall–Kier alpha value is -2.68. The van der Waals surface area contributed by atoms with Gasteiger partial charge in [-0.05, 0) is 25.3 Å². The first-order valence-electron chi connectivity index (χ1n) is 8.03. The number of carbonyl (C=O) groups is 2. The minimum atomic E-state index is -4.04. The van der Waals surface area contributed by atoms with Gasteiger partial charge in [0.15, 0.2) is 0 Å². The van der Waals surface area contributed by atoms with Crippen molar-refractivity contribution < 1.29 is 22.7 Å². The summed E-state index contributed by atoms with van der Waals surface area (Å²) in [7, 11) is -2.86. The smallest absolute Gasteiger partial charge is 0.344 e. The fourth-order valence-electron chi connectivity index (χ4n) is 2.38. The molecule has 0 bridgehead atoms. The highest BCUT2D eigenvalue weighted by atomic mass is 32.2. The van der Waals surface area contributed by atoms with Crippen LogP contribution in [0.5, 0.6) is 0 Å². The fraction of sp³-hybridized carbons (Fsp3) is 0.353. The molecule has 0 saturated heterocycles. The molecular formula is C17H21N3O5S. The number of esters is 1. The normalized spacial score (nSPS) is 15.7. The van der Waals surface area contributed by atoms with Gasteiger partial charge in [0.05, 0.1) is 18.4 Å². The van der Waals surface area contributed by atoms with Crippen molar-refractivity contribution in [2.75, 3.05) is 20.2 Å². The zero-order valence-electron chi connectivity index (χ0n) is 14.6. The summed E-state index contributed by atoms with van der Waals surface area (Å²) < 4.78 is 33.0. The third-order valence-electron chi connectivity index (χ3n) is 3.72. The first-order valence-corrected chi connectivity index (χ1v) is 9.42. The maximum absolute atomic E-state index is 12.1. The van der Waals surface area contributed by atoms with Crippen LogP contribution in [0.2, 0.25) is 0 Å². The molecule has 0 unspecified atom stereocenters. The summed E-state index contributed by atoms with van der Waals surface area (Å²) >= 11 is 0. The summed E-state index contributed by atoms with van der Waals surface area (Å²) in [5, 5.41) is 2.67. The van der Waals surface area contributed by atoms with Crippen LogP contribution in [0.3, 0.4) is 0 Å². The van der Waals surface area contributed by atoms with Crippen LogP contribution in [0.4, 0.5) is 0 Å². The summed E-state index contributed by atoms with van der Waals surface area (Å²) in [6.07, 6.45) is 2.61. The number of benzene rings is 1. The molecule has 1 aliphatic heterocycles. The zero-order chi connectivity index (χ0) is 19.2. The maximum atomic E-state index is 12.1. The number of nitrogens with one attached hydrogen (secondary N) is 1. The van der Waals surface area contributed by atoms with Gasteiger partial charge in [0.2, 0.25) is 5.91 Å². The minimum Gasteiger partial charge on any atom is -0.465 e. The van der Waals surface area contributed by atoms with Gasteiger partial charge in [0.25, 0.3) is 0 Å². The van der Waals surface area contributed by atoms with Crippen molar-refractivity contribution >= 4 is 27.8 Å². The highest BCUT2D eigenvalue weighted by Gasteiger charge is 2.29. The van der Waals surface area contributed by atoms with Crippen molar-refractivity contribution in [1.82, 2.24) is 9.62 Å². The van der Waals surface area contributed by atoms with E-state index in [2.05, 4.69) is 14.5 Å². The molecule has 1 amide bonds. The van der Waals surface area contributed by atoms with E-state index >= 15 is 0 Å². The Morgan fingerprint density at radius 1 is 1.23 bits per heavy atom. The number of aryl methyl sites for hydroxylation is 1. The molecule has 8 nitrogen and oxygen atoms in total. The van der Waals surface area contributed by atoms with E-state index in [1.165, 1.54) is 14.0 Å². The molecule has 2 rings (SSSR count). The van der Waals surface area contributed by atoms with E-state index in [-0.39, 0.29) is 11.3 Å². The Bertz CT molecular complexity index is 831. The van der Waals surface area contributed by atoms with Crippen molar-refractivity contribution in [2.24, 2.45) is 4.40 Å². The Morgan fingerprint density at radius 2 is 1.92 bits per heavy atom. The zero-order valence-corrected chi connectivity index (χ0v) is 15.5. The second-order valence-electron chi connectivity index (χ2n) is 5.67. The summed E-state index contributed by atoms with van der Waals surface area (Å²) in [5.41, 5.74) is 1.19. The Balaban J connectivity index is 1.90. The van der Waals surface area contributed by atoms with E-state index in [0.717, 1.165) is 28.9 Å². The van der Waals surface area contributed by atoms with Crippen LogP contribution in [0, 0.1) is 0 Å². The molecule has 0 atom stereocenters. The van der Waals surface area contributed by atoms with Gasteiger partial charge in [0, 0.05) is 12.7 Å². The molecule has 0 fully saturated rings. The van der Waals surface area contributed by atoms with Crippen LogP contribution in [0.15, 0.2) is 46.5 Å². The van der Waals surface area contributed by atoms with Gasteiger partial charge >= 0.3 is 16.2 Å². The number of amides is 1. The van der Waals surface area contributed by atoms with Gasteiger partial charge in [-0.2, -0.15) is 8.42 Å². The van der Waals surface area contributed by atoms with Crippen LogP contribution >= 0.6 is 0 Å². The molecular weight excluding hydrogens is 358 g/mol. The fourth-order valence-corrected chi connectivity index (χ4v) is 3.45. The summed E-state index contributed by atoms with van der Waals surface area (Å²) in [6, 6.07) is 9.83. The van der Waals surface area contributed by atoms with Crippen LogP contribution in [0.25, 0.3) is 0 Å². The molecule has 140 valence electrons. The number of hydrogen-bond acceptors (Lipinski definition) is 5. The third kappa shape index (κ3) is 5.16. The number of ether oxygens (including phenoxy) is 1. The molecule has 0 radical (unpaired) electrons. The summed E-state index contributed by atoms with van der Waals surface area (Å²) in [5.74, 6) is -1.19. The highest BCUT2D eigenvalue weighted by molar-refractivity contribution is 7.88. The Morgan fingerprint density at radius 3 is 2.58 bits per heavy atom. The molecule has 0 aliphatic carbocycles. The molecule has 0 aromatic heterocycles. The molecule has 1 aromatic carbocycles. The van der Waals surface area contributed by atoms with Crippen molar-refractivity contribution in [3.05, 3.63) is 47.7 Å². The van der Waals surface area contributed by atoms with Crippen LogP contribution in [-0.2, 0) is 31.0 Å². The lowest BCUT2D eigenvalue weighted by Gasteiger charge is -2.22. The highest BCUT2D eigenvalue weighted by Crippen LogP contribution is 2.16. The molecule has 1 heterocycles. The predicted octanol–water partition coefficient (Wildman–Crippen LogP) is 0.814. The summed E-state index contributed by atoms with van der Waals surface area (Å²) in [4.78, 5) is 23.7. The lowest BCUT2D eigenvalue weighted by atomic mass is 10.1. The topological polar surface area (TPSA) is 105 Å². The van der Waals surface area contributed by atoms with Gasteiger partial charge in [-0.1, -0.05) is 30.3 Å². The van der Waals surface area contributed by atoms with E-state index in [1.54, 1.807) is 0 Å². The SMILES string of the molecule is COC(=O)C1=CN(CC(=O)NCCCc2ccccc2)S(=O)(=O)N=C1C. The van der Waals surface area contributed by atoms with E-state index in [9.17, 15) is 18.0 Å². The molecule has 1 aromatic rings. The van der Waals surface area contributed by atoms with Crippen LogP contribution in [-0.4, -0.2) is 50.5 Å². The van der Waals surface area contributed by atoms with E-state index in [1.807, 2.05) is 30.3 Å². The quantitative estimate of drug-likeness (QED) is 0.558. The second kappa shape index (κ2) is 8.61. The predicted molar refractivity (Wildman–Crippen MR) is 96.6 cm³/mol. The average Bonchev–Trinajstić information content (AvgIpc) is 2.61. The van der Waals surface area contributed by atoms with Gasteiger partial charge in [-0.3, -0.25) is 4.79 Å². The standard InChI is InChI=1S/C17H21N3O5S/c1-13-15(17(22)25-2)11-20(26(23,24)19-13)12-16(21)18-10-6-9-14-7-4-3-5-8-14/h3-5,7-8,11H,6,9-10,12H2,1-2H3,(H,18,21). The van der Waals surface area contributed by atoms with E-state index in [4.69, 9.17) is 0 Å².